The molecule has 3 aromatic carbocycles. The van der Waals surface area contributed by atoms with Crippen LogP contribution in [0.3, 0.4) is 0 Å². The van der Waals surface area contributed by atoms with E-state index >= 15 is 0 Å². The van der Waals surface area contributed by atoms with Gasteiger partial charge in [-0.3, -0.25) is 0 Å². The summed E-state index contributed by atoms with van der Waals surface area (Å²) in [6.07, 6.45) is 4.06. The highest BCUT2D eigenvalue weighted by Gasteiger charge is 2.07. The van der Waals surface area contributed by atoms with E-state index < -0.39 is 0 Å². The molecule has 0 radical (unpaired) electrons. The number of hydrogen-bond donors (Lipinski definition) is 1. The normalized spacial score (nSPS) is 11.4. The van der Waals surface area contributed by atoms with Gasteiger partial charge in [0.2, 0.25) is 0 Å². The number of nitrogens with zero attached hydrogens (tertiary/aromatic N) is 2. The molecule has 1 aromatic heterocycles. The van der Waals surface area contributed by atoms with E-state index in [0.717, 1.165) is 22.7 Å². The third-order valence-electron chi connectivity index (χ3n) is 4.78. The molecule has 0 amide bonds. The Kier molecular flexibility index (Phi) is 5.45. The van der Waals surface area contributed by atoms with Crippen LogP contribution in [0.2, 0.25) is 5.02 Å². The Morgan fingerprint density at radius 2 is 1.64 bits per heavy atom. The maximum absolute atomic E-state index is 5.92. The smallest absolute Gasteiger partial charge is 0.0580 e. The molecule has 28 heavy (non-hydrogen) atoms. The standard InChI is InChI=1S/C24H22ClN3/c1-18-6-8-20(9-7-18)16-28-17-21(23-4-2-3-5-24(23)28)15-27-26-14-19-10-12-22(25)13-11-19/h2-13,15,17,26H,14,16H2,1H3/b27-15-. The van der Waals surface area contributed by atoms with Crippen molar-refractivity contribution in [3.63, 3.8) is 0 Å². The lowest BCUT2D eigenvalue weighted by molar-refractivity contribution is 0.748. The van der Waals surface area contributed by atoms with E-state index in [1.54, 1.807) is 0 Å². The minimum absolute atomic E-state index is 0.662. The highest BCUT2D eigenvalue weighted by Crippen LogP contribution is 2.21. The second kappa shape index (κ2) is 8.32. The Morgan fingerprint density at radius 3 is 2.43 bits per heavy atom. The number of fused-ring (bicyclic) bond motifs is 1. The summed E-state index contributed by atoms with van der Waals surface area (Å²) in [6.45, 7) is 3.61. The third kappa shape index (κ3) is 4.26. The van der Waals surface area contributed by atoms with Crippen LogP contribution in [0.25, 0.3) is 10.9 Å². The van der Waals surface area contributed by atoms with Gasteiger partial charge < -0.3 is 9.99 Å². The summed E-state index contributed by atoms with van der Waals surface area (Å²) in [5, 5.41) is 6.36. The molecular weight excluding hydrogens is 366 g/mol. The van der Waals surface area contributed by atoms with E-state index in [1.165, 1.54) is 22.0 Å². The van der Waals surface area contributed by atoms with Crippen molar-refractivity contribution in [3.05, 3.63) is 106 Å². The minimum Gasteiger partial charge on any atom is -0.342 e. The second-order valence-corrected chi connectivity index (χ2v) is 7.37. The molecule has 0 aliphatic heterocycles. The van der Waals surface area contributed by atoms with Crippen molar-refractivity contribution in [2.24, 2.45) is 5.10 Å². The molecule has 0 spiro atoms. The molecular formula is C24H22ClN3. The number of benzene rings is 3. The number of aromatic nitrogens is 1. The molecule has 0 saturated carbocycles. The number of nitrogens with one attached hydrogen (secondary N) is 1. The average molecular weight is 388 g/mol. The van der Waals surface area contributed by atoms with Crippen molar-refractivity contribution in [2.45, 2.75) is 20.0 Å². The highest BCUT2D eigenvalue weighted by molar-refractivity contribution is 6.30. The molecule has 0 unspecified atom stereocenters. The molecule has 0 atom stereocenters. The summed E-state index contributed by atoms with van der Waals surface area (Å²) in [6, 6.07) is 24.9. The summed E-state index contributed by atoms with van der Waals surface area (Å²) in [4.78, 5) is 0. The summed E-state index contributed by atoms with van der Waals surface area (Å²) in [5.74, 6) is 0. The van der Waals surface area contributed by atoms with Gasteiger partial charge in [0, 0.05) is 34.2 Å². The molecule has 0 aliphatic rings. The van der Waals surface area contributed by atoms with Crippen LogP contribution in [0.15, 0.2) is 84.1 Å². The second-order valence-electron chi connectivity index (χ2n) is 6.93. The van der Waals surface area contributed by atoms with Crippen LogP contribution in [0.1, 0.15) is 22.3 Å². The summed E-state index contributed by atoms with van der Waals surface area (Å²) >= 11 is 5.92. The van der Waals surface area contributed by atoms with Gasteiger partial charge in [-0.25, -0.2) is 0 Å². The topological polar surface area (TPSA) is 29.3 Å². The van der Waals surface area contributed by atoms with Crippen molar-refractivity contribution >= 4 is 28.7 Å². The maximum atomic E-state index is 5.92. The summed E-state index contributed by atoms with van der Waals surface area (Å²) < 4.78 is 2.28. The van der Waals surface area contributed by atoms with Crippen LogP contribution in [0.4, 0.5) is 0 Å². The van der Waals surface area contributed by atoms with Gasteiger partial charge in [-0.2, -0.15) is 5.10 Å². The van der Waals surface area contributed by atoms with E-state index in [0.29, 0.717) is 6.54 Å². The Morgan fingerprint density at radius 1 is 0.929 bits per heavy atom. The number of aryl methyl sites for hydroxylation is 1. The van der Waals surface area contributed by atoms with Crippen molar-refractivity contribution in [1.29, 1.82) is 0 Å². The molecule has 0 aliphatic carbocycles. The Labute approximate surface area is 170 Å². The first kappa shape index (κ1) is 18.3. The van der Waals surface area contributed by atoms with Gasteiger partial charge in [0.05, 0.1) is 12.8 Å². The Bertz CT molecular complexity index is 1090. The Hall–Kier alpha value is -3.04. The van der Waals surface area contributed by atoms with Crippen LogP contribution in [0.5, 0.6) is 0 Å². The van der Waals surface area contributed by atoms with Gasteiger partial charge in [0.15, 0.2) is 0 Å². The minimum atomic E-state index is 0.662. The van der Waals surface area contributed by atoms with E-state index in [1.807, 2.05) is 30.5 Å². The van der Waals surface area contributed by atoms with Crippen LogP contribution in [-0.2, 0) is 13.1 Å². The number of rotatable bonds is 6. The lowest BCUT2D eigenvalue weighted by atomic mass is 10.1. The zero-order valence-electron chi connectivity index (χ0n) is 15.8. The predicted octanol–water partition coefficient (Wildman–Crippen LogP) is 5.78. The fourth-order valence-corrected chi connectivity index (χ4v) is 3.38. The van der Waals surface area contributed by atoms with Crippen molar-refractivity contribution in [3.8, 4) is 0 Å². The quantitative estimate of drug-likeness (QED) is 0.330. The lowest BCUT2D eigenvalue weighted by Gasteiger charge is -2.06. The fourth-order valence-electron chi connectivity index (χ4n) is 3.25. The number of halogens is 1. The van der Waals surface area contributed by atoms with E-state index in [9.17, 15) is 0 Å². The van der Waals surface area contributed by atoms with Crippen LogP contribution < -0.4 is 5.43 Å². The molecule has 0 bridgehead atoms. The van der Waals surface area contributed by atoms with Gasteiger partial charge in [0.1, 0.15) is 0 Å². The predicted molar refractivity (Wildman–Crippen MR) is 118 cm³/mol. The van der Waals surface area contributed by atoms with Gasteiger partial charge in [0.25, 0.3) is 0 Å². The maximum Gasteiger partial charge on any atom is 0.0580 e. The largest absolute Gasteiger partial charge is 0.342 e. The van der Waals surface area contributed by atoms with Gasteiger partial charge in [-0.1, -0.05) is 71.8 Å². The van der Waals surface area contributed by atoms with Gasteiger partial charge in [-0.05, 0) is 36.2 Å². The molecule has 4 heteroatoms. The molecule has 4 aromatic rings. The van der Waals surface area contributed by atoms with Crippen LogP contribution >= 0.6 is 11.6 Å². The van der Waals surface area contributed by atoms with E-state index in [2.05, 4.69) is 76.7 Å². The van der Waals surface area contributed by atoms with Crippen molar-refractivity contribution in [2.75, 3.05) is 0 Å². The number of hydrogen-bond acceptors (Lipinski definition) is 2. The lowest BCUT2D eigenvalue weighted by Crippen LogP contribution is -2.05. The molecule has 0 saturated heterocycles. The fraction of sp³-hybridized carbons (Fsp3) is 0.125. The molecule has 1 N–H and O–H groups in total. The van der Waals surface area contributed by atoms with Gasteiger partial charge >= 0.3 is 0 Å². The molecule has 1 heterocycles. The number of para-hydroxylation sites is 1. The van der Waals surface area contributed by atoms with Crippen LogP contribution in [-0.4, -0.2) is 10.8 Å². The summed E-state index contributed by atoms with van der Waals surface area (Å²) in [7, 11) is 0. The molecule has 0 fully saturated rings. The zero-order valence-corrected chi connectivity index (χ0v) is 16.5. The average Bonchev–Trinajstić information content (AvgIpc) is 3.06. The molecule has 4 rings (SSSR count). The highest BCUT2D eigenvalue weighted by atomic mass is 35.5. The first-order valence-corrected chi connectivity index (χ1v) is 9.70. The van der Waals surface area contributed by atoms with E-state index in [4.69, 9.17) is 11.6 Å². The van der Waals surface area contributed by atoms with E-state index in [-0.39, 0.29) is 0 Å². The molecule has 3 nitrogen and oxygen atoms in total. The number of hydrazone groups is 1. The first-order valence-electron chi connectivity index (χ1n) is 9.33. The monoisotopic (exact) mass is 387 g/mol. The van der Waals surface area contributed by atoms with Gasteiger partial charge in [-0.15, -0.1) is 0 Å². The first-order chi connectivity index (χ1) is 13.7. The SMILES string of the molecule is Cc1ccc(Cn2cc(/C=N\NCc3ccc(Cl)cc3)c3ccccc32)cc1. The van der Waals surface area contributed by atoms with Crippen molar-refractivity contribution < 1.29 is 0 Å². The summed E-state index contributed by atoms with van der Waals surface area (Å²) in [5.41, 5.74) is 9.14. The van der Waals surface area contributed by atoms with Crippen LogP contribution in [0, 0.1) is 6.92 Å². The molecule has 140 valence electrons. The van der Waals surface area contributed by atoms with Crippen molar-refractivity contribution in [1.82, 2.24) is 9.99 Å². The zero-order chi connectivity index (χ0) is 19.3. The third-order valence-corrected chi connectivity index (χ3v) is 5.04. The Balaban J connectivity index is 1.52.